The molecule has 1 atom stereocenters. The molecule has 0 spiro atoms. The summed E-state index contributed by atoms with van der Waals surface area (Å²) in [5.41, 5.74) is 1.21. The first-order valence-corrected chi connectivity index (χ1v) is 12.3. The van der Waals surface area contributed by atoms with Crippen LogP contribution < -0.4 is 5.32 Å². The Hall–Kier alpha value is -2.78. The van der Waals surface area contributed by atoms with Gasteiger partial charge in [0.25, 0.3) is 0 Å². The molecule has 9 heteroatoms. The van der Waals surface area contributed by atoms with Crippen molar-refractivity contribution in [1.82, 2.24) is 14.5 Å². The van der Waals surface area contributed by atoms with E-state index in [1.807, 2.05) is 6.92 Å². The summed E-state index contributed by atoms with van der Waals surface area (Å²) in [6.07, 6.45) is 2.69. The fraction of sp³-hybridized carbons (Fsp3) is 0.391. The molecule has 0 saturated carbocycles. The molecule has 0 aliphatic heterocycles. The first kappa shape index (κ1) is 25.5. The number of rotatable bonds is 11. The highest BCUT2D eigenvalue weighted by Crippen LogP contribution is 2.24. The van der Waals surface area contributed by atoms with Gasteiger partial charge in [-0.3, -0.25) is 9.59 Å². The predicted octanol–water partition coefficient (Wildman–Crippen LogP) is 2.70. The van der Waals surface area contributed by atoms with Crippen molar-refractivity contribution in [1.29, 1.82) is 0 Å². The van der Waals surface area contributed by atoms with E-state index in [-0.39, 0.29) is 12.5 Å². The Morgan fingerprint density at radius 1 is 1.06 bits per heavy atom. The van der Waals surface area contributed by atoms with Gasteiger partial charge in [0.2, 0.25) is 21.8 Å². The van der Waals surface area contributed by atoms with Crippen LogP contribution >= 0.6 is 0 Å². The lowest BCUT2D eigenvalue weighted by atomic mass is 10.0. The molecule has 2 aromatic rings. The third kappa shape index (κ3) is 7.42. The van der Waals surface area contributed by atoms with Gasteiger partial charge in [0, 0.05) is 20.1 Å². The number of carbonyl (C=O) groups is 2. The van der Waals surface area contributed by atoms with E-state index in [0.29, 0.717) is 17.7 Å². The van der Waals surface area contributed by atoms with Gasteiger partial charge in [-0.1, -0.05) is 55.8 Å². The minimum absolute atomic E-state index is 0.0114. The maximum atomic E-state index is 13.4. The highest BCUT2D eigenvalue weighted by Gasteiger charge is 2.32. The van der Waals surface area contributed by atoms with Crippen molar-refractivity contribution >= 4 is 21.8 Å². The summed E-state index contributed by atoms with van der Waals surface area (Å²) in [5.74, 6) is -1.32. The van der Waals surface area contributed by atoms with Gasteiger partial charge in [0.15, 0.2) is 0 Å². The third-order valence-corrected chi connectivity index (χ3v) is 6.28. The molecular formula is C23H30FN3O4S. The second kappa shape index (κ2) is 11.7. The molecule has 1 unspecified atom stereocenters. The van der Waals surface area contributed by atoms with Crippen LogP contribution in [0.3, 0.4) is 0 Å². The van der Waals surface area contributed by atoms with E-state index in [0.717, 1.165) is 23.4 Å². The molecule has 2 rings (SSSR count). The van der Waals surface area contributed by atoms with Crippen molar-refractivity contribution in [2.45, 2.75) is 32.4 Å². The Morgan fingerprint density at radius 3 is 2.25 bits per heavy atom. The van der Waals surface area contributed by atoms with Crippen molar-refractivity contribution in [2.75, 3.05) is 26.4 Å². The monoisotopic (exact) mass is 463 g/mol. The molecule has 0 fully saturated rings. The van der Waals surface area contributed by atoms with E-state index >= 15 is 0 Å². The number of nitrogens with one attached hydrogen (secondary N) is 1. The molecule has 0 bridgehead atoms. The Kier molecular flexibility index (Phi) is 9.34. The van der Waals surface area contributed by atoms with E-state index in [1.54, 1.807) is 30.3 Å². The number of hydrogen-bond donors (Lipinski definition) is 1. The summed E-state index contributed by atoms with van der Waals surface area (Å²) in [7, 11) is -2.29. The number of likely N-dealkylation sites (N-methyl/N-ethyl adjacent to an activating group) is 1. The van der Waals surface area contributed by atoms with Crippen LogP contribution in [0.4, 0.5) is 4.39 Å². The SMILES string of the molecule is CCCCNC(=O)C(c1ccccc1)N(Cc1ccc(F)cc1)C(=O)CN(C)S(C)(=O)=O. The van der Waals surface area contributed by atoms with Crippen molar-refractivity contribution in [3.05, 3.63) is 71.5 Å². The lowest BCUT2D eigenvalue weighted by Crippen LogP contribution is -2.47. The molecule has 0 radical (unpaired) electrons. The van der Waals surface area contributed by atoms with Crippen LogP contribution in [0.5, 0.6) is 0 Å². The molecule has 0 aliphatic rings. The lowest BCUT2D eigenvalue weighted by Gasteiger charge is -2.32. The maximum Gasteiger partial charge on any atom is 0.247 e. The molecular weight excluding hydrogens is 433 g/mol. The fourth-order valence-corrected chi connectivity index (χ4v) is 3.45. The van der Waals surface area contributed by atoms with Crippen LogP contribution in [0.15, 0.2) is 54.6 Å². The van der Waals surface area contributed by atoms with Crippen molar-refractivity contribution < 1.29 is 22.4 Å². The smallest absolute Gasteiger partial charge is 0.247 e. The largest absolute Gasteiger partial charge is 0.354 e. The van der Waals surface area contributed by atoms with E-state index in [4.69, 9.17) is 0 Å². The van der Waals surface area contributed by atoms with Gasteiger partial charge < -0.3 is 10.2 Å². The van der Waals surface area contributed by atoms with Crippen molar-refractivity contribution in [3.63, 3.8) is 0 Å². The van der Waals surface area contributed by atoms with Crippen molar-refractivity contribution in [2.24, 2.45) is 0 Å². The zero-order valence-electron chi connectivity index (χ0n) is 18.6. The van der Waals surface area contributed by atoms with Gasteiger partial charge in [-0.05, 0) is 29.7 Å². The Labute approximate surface area is 189 Å². The minimum atomic E-state index is -3.60. The van der Waals surface area contributed by atoms with E-state index in [2.05, 4.69) is 5.32 Å². The number of hydrogen-bond acceptors (Lipinski definition) is 4. The highest BCUT2D eigenvalue weighted by atomic mass is 32.2. The lowest BCUT2D eigenvalue weighted by molar-refractivity contribution is -0.141. The Balaban J connectivity index is 2.45. The number of amides is 2. The van der Waals surface area contributed by atoms with Gasteiger partial charge in [-0.2, -0.15) is 4.31 Å². The number of carbonyl (C=O) groups excluding carboxylic acids is 2. The van der Waals surface area contributed by atoms with E-state index in [1.165, 1.54) is 36.2 Å². The zero-order chi connectivity index (χ0) is 23.7. The third-order valence-electron chi connectivity index (χ3n) is 5.02. The van der Waals surface area contributed by atoms with Crippen molar-refractivity contribution in [3.8, 4) is 0 Å². The zero-order valence-corrected chi connectivity index (χ0v) is 19.4. The highest BCUT2D eigenvalue weighted by molar-refractivity contribution is 7.88. The van der Waals surface area contributed by atoms with E-state index < -0.39 is 34.3 Å². The average Bonchev–Trinajstić information content (AvgIpc) is 2.75. The second-order valence-corrected chi connectivity index (χ2v) is 9.71. The number of halogens is 1. The molecule has 0 saturated heterocycles. The first-order valence-electron chi connectivity index (χ1n) is 10.4. The molecule has 0 aliphatic carbocycles. The van der Waals surface area contributed by atoms with Gasteiger partial charge in [0.1, 0.15) is 11.9 Å². The summed E-state index contributed by atoms with van der Waals surface area (Å²) < 4.78 is 38.1. The fourth-order valence-electron chi connectivity index (χ4n) is 3.10. The number of benzene rings is 2. The quantitative estimate of drug-likeness (QED) is 0.519. The molecule has 174 valence electrons. The Morgan fingerprint density at radius 2 is 1.69 bits per heavy atom. The minimum Gasteiger partial charge on any atom is -0.354 e. The first-order chi connectivity index (χ1) is 15.1. The van der Waals surface area contributed by atoms with Gasteiger partial charge in [-0.25, -0.2) is 12.8 Å². The normalized spacial score (nSPS) is 12.4. The summed E-state index contributed by atoms with van der Waals surface area (Å²) in [6.45, 7) is 2.05. The number of nitrogens with zero attached hydrogens (tertiary/aromatic N) is 2. The van der Waals surface area contributed by atoms with Crippen LogP contribution in [-0.4, -0.2) is 55.8 Å². The average molecular weight is 464 g/mol. The molecule has 7 nitrogen and oxygen atoms in total. The van der Waals surface area contributed by atoms with E-state index in [9.17, 15) is 22.4 Å². The standard InChI is InChI=1S/C23H30FN3O4S/c1-4-5-15-25-23(29)22(19-9-7-6-8-10-19)27(16-18-11-13-20(24)14-12-18)21(28)17-26(2)32(3,30)31/h6-14,22H,4-5,15-17H2,1-3H3,(H,25,29). The predicted molar refractivity (Wildman–Crippen MR) is 122 cm³/mol. The van der Waals surface area contributed by atoms with Gasteiger partial charge in [0.05, 0.1) is 12.8 Å². The van der Waals surface area contributed by atoms with Crippen LogP contribution in [-0.2, 0) is 26.2 Å². The Bertz CT molecular complexity index is 998. The van der Waals surface area contributed by atoms with Gasteiger partial charge in [-0.15, -0.1) is 0 Å². The molecule has 2 aromatic carbocycles. The maximum absolute atomic E-state index is 13.4. The van der Waals surface area contributed by atoms with Crippen LogP contribution in [0.2, 0.25) is 0 Å². The summed E-state index contributed by atoms with van der Waals surface area (Å²) in [4.78, 5) is 27.8. The molecule has 32 heavy (non-hydrogen) atoms. The summed E-state index contributed by atoms with van der Waals surface area (Å²) >= 11 is 0. The second-order valence-electron chi connectivity index (χ2n) is 7.62. The van der Waals surface area contributed by atoms with Crippen LogP contribution in [0, 0.1) is 5.82 Å². The topological polar surface area (TPSA) is 86.8 Å². The summed E-state index contributed by atoms with van der Waals surface area (Å²) in [6, 6.07) is 13.5. The molecule has 0 aromatic heterocycles. The number of unbranched alkanes of at least 4 members (excludes halogenated alkanes) is 1. The number of sulfonamides is 1. The summed E-state index contributed by atoms with van der Waals surface area (Å²) in [5, 5.41) is 2.87. The van der Waals surface area contributed by atoms with Crippen LogP contribution in [0.25, 0.3) is 0 Å². The van der Waals surface area contributed by atoms with Crippen LogP contribution in [0.1, 0.15) is 36.9 Å². The molecule has 1 N–H and O–H groups in total. The molecule has 2 amide bonds. The molecule has 0 heterocycles. The van der Waals surface area contributed by atoms with Gasteiger partial charge >= 0.3 is 0 Å².